The monoisotopic (exact) mass is 402 g/mol. The van der Waals surface area contributed by atoms with Gasteiger partial charge in [0.25, 0.3) is 0 Å². The molecule has 0 amide bonds. The molecule has 0 aromatic carbocycles. The van der Waals surface area contributed by atoms with Gasteiger partial charge in [0.2, 0.25) is 0 Å². The van der Waals surface area contributed by atoms with E-state index in [-0.39, 0.29) is 17.4 Å². The van der Waals surface area contributed by atoms with Gasteiger partial charge < -0.3 is 5.11 Å². The smallest absolute Gasteiger partial charge is 0.136 e. The first-order valence-electron chi connectivity index (χ1n) is 12.9. The summed E-state index contributed by atoms with van der Waals surface area (Å²) in [5.41, 5.74) is 0.609. The van der Waals surface area contributed by atoms with Crippen LogP contribution in [0.5, 0.6) is 0 Å². The summed E-state index contributed by atoms with van der Waals surface area (Å²) in [6, 6.07) is 0. The van der Waals surface area contributed by atoms with Crippen LogP contribution in [0.4, 0.5) is 0 Å². The molecule has 4 aliphatic carbocycles. The molecule has 0 heterocycles. The minimum Gasteiger partial charge on any atom is -0.393 e. The molecule has 0 radical (unpaired) electrons. The highest BCUT2D eigenvalue weighted by Crippen LogP contribution is 2.67. The van der Waals surface area contributed by atoms with E-state index in [2.05, 4.69) is 34.6 Å². The van der Waals surface area contributed by atoms with Crippen LogP contribution >= 0.6 is 0 Å². The highest BCUT2D eigenvalue weighted by atomic mass is 16.3. The van der Waals surface area contributed by atoms with Crippen molar-refractivity contribution in [1.82, 2.24) is 0 Å². The number of carbonyl (C=O) groups is 1. The number of Topliss-reactive ketones (excluding diaryl/α,β-unsaturated/α-hetero) is 1. The van der Waals surface area contributed by atoms with Crippen molar-refractivity contribution in [2.24, 2.45) is 52.3 Å². The molecule has 4 fully saturated rings. The molecule has 29 heavy (non-hydrogen) atoms. The molecule has 0 bridgehead atoms. The Kier molecular flexibility index (Phi) is 5.99. The minimum absolute atomic E-state index is 0.129. The van der Waals surface area contributed by atoms with E-state index >= 15 is 0 Å². The van der Waals surface area contributed by atoms with Crippen molar-refractivity contribution in [2.45, 2.75) is 111 Å². The number of aliphatic hydroxyl groups is 1. The number of carbonyl (C=O) groups excluding carboxylic acids is 1. The predicted octanol–water partition coefficient (Wildman–Crippen LogP) is 6.65. The lowest BCUT2D eigenvalue weighted by Crippen LogP contribution is -2.57. The lowest BCUT2D eigenvalue weighted by molar-refractivity contribution is -0.160. The van der Waals surface area contributed by atoms with E-state index in [1.165, 1.54) is 44.9 Å². The molecule has 4 aliphatic rings. The van der Waals surface area contributed by atoms with Gasteiger partial charge in [-0.2, -0.15) is 0 Å². The zero-order valence-corrected chi connectivity index (χ0v) is 19.8. The van der Waals surface area contributed by atoms with Crippen LogP contribution in [0.2, 0.25) is 0 Å². The molecule has 0 aromatic rings. The van der Waals surface area contributed by atoms with Gasteiger partial charge in [-0.3, -0.25) is 4.79 Å². The Bertz CT molecular complexity index is 612. The van der Waals surface area contributed by atoms with Crippen LogP contribution < -0.4 is 0 Å². The topological polar surface area (TPSA) is 37.3 Å². The van der Waals surface area contributed by atoms with Gasteiger partial charge >= 0.3 is 0 Å². The molecule has 166 valence electrons. The van der Waals surface area contributed by atoms with Crippen molar-refractivity contribution in [1.29, 1.82) is 0 Å². The lowest BCUT2D eigenvalue weighted by atomic mass is 9.44. The molecule has 0 spiro atoms. The predicted molar refractivity (Wildman–Crippen MR) is 119 cm³/mol. The van der Waals surface area contributed by atoms with E-state index in [1.807, 2.05) is 0 Å². The van der Waals surface area contributed by atoms with Crippen molar-refractivity contribution in [2.75, 3.05) is 0 Å². The van der Waals surface area contributed by atoms with Crippen LogP contribution in [0.25, 0.3) is 0 Å². The van der Waals surface area contributed by atoms with Crippen LogP contribution in [0.15, 0.2) is 0 Å². The number of aliphatic hydroxyl groups excluding tert-OH is 1. The maximum Gasteiger partial charge on any atom is 0.136 e. The van der Waals surface area contributed by atoms with Crippen LogP contribution in [0.1, 0.15) is 105 Å². The molecule has 9 atom stereocenters. The van der Waals surface area contributed by atoms with Gasteiger partial charge in [-0.15, -0.1) is 0 Å². The number of ketones is 1. The van der Waals surface area contributed by atoms with Gasteiger partial charge in [0.15, 0.2) is 0 Å². The van der Waals surface area contributed by atoms with Gasteiger partial charge in [0.1, 0.15) is 5.78 Å². The van der Waals surface area contributed by atoms with E-state index in [9.17, 15) is 9.90 Å². The molecular weight excluding hydrogens is 356 g/mol. The summed E-state index contributed by atoms with van der Waals surface area (Å²) >= 11 is 0. The molecule has 2 heteroatoms. The first-order chi connectivity index (χ1) is 13.7. The largest absolute Gasteiger partial charge is 0.393 e. The number of rotatable bonds is 5. The van der Waals surface area contributed by atoms with Crippen molar-refractivity contribution in [3.05, 3.63) is 0 Å². The zero-order chi connectivity index (χ0) is 21.0. The van der Waals surface area contributed by atoms with Gasteiger partial charge in [0.05, 0.1) is 6.10 Å². The summed E-state index contributed by atoms with van der Waals surface area (Å²) < 4.78 is 0. The van der Waals surface area contributed by atoms with Crippen molar-refractivity contribution >= 4 is 5.78 Å². The van der Waals surface area contributed by atoms with Gasteiger partial charge in [-0.25, -0.2) is 0 Å². The number of hydrogen-bond acceptors (Lipinski definition) is 2. The fourth-order valence-corrected chi connectivity index (χ4v) is 9.04. The maximum absolute atomic E-state index is 13.2. The van der Waals surface area contributed by atoms with E-state index < -0.39 is 0 Å². The molecule has 4 saturated carbocycles. The Morgan fingerprint density at radius 1 is 0.966 bits per heavy atom. The molecule has 0 aromatic heterocycles. The average Bonchev–Trinajstić information content (AvgIpc) is 3.00. The Balaban J connectivity index is 1.50. The van der Waals surface area contributed by atoms with Crippen molar-refractivity contribution in [3.63, 3.8) is 0 Å². The summed E-state index contributed by atoms with van der Waals surface area (Å²) in [6.45, 7) is 12.2. The normalized spacial score (nSPS) is 48.2. The summed E-state index contributed by atoms with van der Waals surface area (Å²) in [4.78, 5) is 13.2. The van der Waals surface area contributed by atoms with Crippen LogP contribution in [0.3, 0.4) is 0 Å². The first-order valence-corrected chi connectivity index (χ1v) is 12.9. The fourth-order valence-electron chi connectivity index (χ4n) is 9.04. The van der Waals surface area contributed by atoms with E-state index in [1.54, 1.807) is 0 Å². The Morgan fingerprint density at radius 3 is 2.38 bits per heavy atom. The second kappa shape index (κ2) is 7.95. The third-order valence-electron chi connectivity index (χ3n) is 10.6. The second-order valence-electron chi connectivity index (χ2n) is 12.6. The Morgan fingerprint density at radius 2 is 1.66 bits per heavy atom. The molecule has 0 aliphatic heterocycles. The maximum atomic E-state index is 13.2. The molecular formula is C27H46O2. The standard InChI is InChI=1S/C27H46O2/c1-17(2)7-6-8-18(3)21-9-10-22-20-16-25(29)24-15-19(28)11-13-27(24,5)23(20)12-14-26(21,22)4/h17-24,28H,6-16H2,1-5H3/t18-,19?,20+,21-,22+,23+,24-,26-,27-/m1/s1. The van der Waals surface area contributed by atoms with E-state index in [0.717, 1.165) is 49.4 Å². The van der Waals surface area contributed by atoms with E-state index in [4.69, 9.17) is 0 Å². The van der Waals surface area contributed by atoms with Crippen LogP contribution in [0, 0.1) is 52.3 Å². The third-order valence-corrected chi connectivity index (χ3v) is 10.6. The SMILES string of the molecule is CC(C)CCC[C@@H](C)[C@H]1CC[C@H]2[C@@H]3CC(=O)[C@H]4CC(O)CC[C@]4(C)[C@H]3CC[C@]12C. The van der Waals surface area contributed by atoms with Gasteiger partial charge in [-0.05, 0) is 91.3 Å². The highest BCUT2D eigenvalue weighted by molar-refractivity contribution is 5.83. The second-order valence-corrected chi connectivity index (χ2v) is 12.6. The highest BCUT2D eigenvalue weighted by Gasteiger charge is 2.62. The summed E-state index contributed by atoms with van der Waals surface area (Å²) in [5.74, 6) is 5.21. The van der Waals surface area contributed by atoms with Crippen LogP contribution in [-0.2, 0) is 4.79 Å². The number of hydrogen-bond donors (Lipinski definition) is 1. The zero-order valence-electron chi connectivity index (χ0n) is 19.8. The summed E-state index contributed by atoms with van der Waals surface area (Å²) in [7, 11) is 0. The molecule has 0 saturated heterocycles. The van der Waals surface area contributed by atoms with Crippen molar-refractivity contribution in [3.8, 4) is 0 Å². The fraction of sp³-hybridized carbons (Fsp3) is 0.963. The van der Waals surface area contributed by atoms with Gasteiger partial charge in [0, 0.05) is 12.3 Å². The number of fused-ring (bicyclic) bond motifs is 5. The van der Waals surface area contributed by atoms with Gasteiger partial charge in [-0.1, -0.05) is 53.9 Å². The quantitative estimate of drug-likeness (QED) is 0.559. The first kappa shape index (κ1) is 21.8. The molecule has 1 N–H and O–H groups in total. The molecule has 2 nitrogen and oxygen atoms in total. The summed E-state index contributed by atoms with van der Waals surface area (Å²) in [5, 5.41) is 10.2. The lowest BCUT2D eigenvalue weighted by Gasteiger charge is -2.60. The average molecular weight is 403 g/mol. The van der Waals surface area contributed by atoms with E-state index in [0.29, 0.717) is 23.0 Å². The van der Waals surface area contributed by atoms with Crippen molar-refractivity contribution < 1.29 is 9.90 Å². The minimum atomic E-state index is -0.245. The Hall–Kier alpha value is -0.370. The molecule has 1 unspecified atom stereocenters. The Labute approximate surface area is 179 Å². The molecule has 4 rings (SSSR count). The third kappa shape index (κ3) is 3.64. The summed E-state index contributed by atoms with van der Waals surface area (Å²) in [6.07, 6.45) is 12.8. The van der Waals surface area contributed by atoms with Crippen LogP contribution in [-0.4, -0.2) is 17.0 Å².